The molecule has 1 aliphatic carbocycles. The molecule has 1 aromatic heterocycles. The first-order chi connectivity index (χ1) is 17.0. The van der Waals surface area contributed by atoms with Crippen LogP contribution in [0.5, 0.6) is 5.75 Å². The molecule has 1 heterocycles. The minimum absolute atomic E-state index is 0.240. The zero-order valence-electron chi connectivity index (χ0n) is 21.9. The van der Waals surface area contributed by atoms with Crippen LogP contribution in [0.2, 0.25) is 0 Å². The SMILES string of the molecule is COc1ccc(C(C)(C)CC(C)(C)S(=O)(=O)NC2C=CC(CCn3cnc4ccccc43)=CC2)cc1. The van der Waals surface area contributed by atoms with E-state index in [4.69, 9.17) is 4.74 Å². The van der Waals surface area contributed by atoms with Gasteiger partial charge in [0.2, 0.25) is 10.0 Å². The molecule has 1 aliphatic rings. The molecule has 0 aliphatic heterocycles. The van der Waals surface area contributed by atoms with Crippen molar-refractivity contribution in [2.45, 2.75) is 69.7 Å². The van der Waals surface area contributed by atoms with E-state index in [2.05, 4.69) is 40.3 Å². The maximum Gasteiger partial charge on any atom is 0.217 e. The summed E-state index contributed by atoms with van der Waals surface area (Å²) in [6.45, 7) is 8.63. The van der Waals surface area contributed by atoms with E-state index < -0.39 is 14.8 Å². The van der Waals surface area contributed by atoms with Crippen LogP contribution in [-0.4, -0.2) is 35.9 Å². The number of nitrogens with zero attached hydrogens (tertiary/aromatic N) is 2. The molecule has 1 N–H and O–H groups in total. The van der Waals surface area contributed by atoms with Gasteiger partial charge in [-0.05, 0) is 68.4 Å². The highest BCUT2D eigenvalue weighted by Gasteiger charge is 2.40. The monoisotopic (exact) mass is 507 g/mol. The van der Waals surface area contributed by atoms with Crippen molar-refractivity contribution in [3.05, 3.63) is 84.2 Å². The Morgan fingerprint density at radius 2 is 1.81 bits per heavy atom. The van der Waals surface area contributed by atoms with Gasteiger partial charge in [-0.25, -0.2) is 18.1 Å². The molecular formula is C29H37N3O3S. The number of para-hydroxylation sites is 2. The quantitative estimate of drug-likeness (QED) is 0.379. The predicted molar refractivity (Wildman–Crippen MR) is 147 cm³/mol. The largest absolute Gasteiger partial charge is 0.497 e. The molecule has 2 aromatic carbocycles. The van der Waals surface area contributed by atoms with E-state index in [0.717, 1.165) is 35.3 Å². The van der Waals surface area contributed by atoms with E-state index in [-0.39, 0.29) is 11.5 Å². The number of hydrogen-bond donors (Lipinski definition) is 1. The van der Waals surface area contributed by atoms with E-state index in [0.29, 0.717) is 12.8 Å². The summed E-state index contributed by atoms with van der Waals surface area (Å²) in [5.74, 6) is 0.790. The van der Waals surface area contributed by atoms with Crippen LogP contribution in [0.1, 0.15) is 52.5 Å². The minimum Gasteiger partial charge on any atom is -0.497 e. The molecule has 4 rings (SSSR count). The average Bonchev–Trinajstić information content (AvgIpc) is 3.26. The van der Waals surface area contributed by atoms with Crippen molar-refractivity contribution in [1.29, 1.82) is 0 Å². The molecule has 1 unspecified atom stereocenters. The van der Waals surface area contributed by atoms with Crippen molar-refractivity contribution in [1.82, 2.24) is 14.3 Å². The average molecular weight is 508 g/mol. The molecule has 0 bridgehead atoms. The minimum atomic E-state index is -3.57. The summed E-state index contributed by atoms with van der Waals surface area (Å²) in [7, 11) is -1.93. The molecule has 3 aromatic rings. The molecule has 0 radical (unpaired) electrons. The molecule has 0 spiro atoms. The third kappa shape index (κ3) is 5.73. The Bertz CT molecular complexity index is 1370. The van der Waals surface area contributed by atoms with Crippen LogP contribution in [0.15, 0.2) is 78.7 Å². The lowest BCUT2D eigenvalue weighted by atomic mass is 9.77. The maximum atomic E-state index is 13.4. The second-order valence-corrected chi connectivity index (χ2v) is 13.2. The Balaban J connectivity index is 1.35. The molecular weight excluding hydrogens is 470 g/mol. The van der Waals surface area contributed by atoms with Gasteiger partial charge >= 0.3 is 0 Å². The van der Waals surface area contributed by atoms with Crippen LogP contribution in [0, 0.1) is 0 Å². The van der Waals surface area contributed by atoms with Crippen molar-refractivity contribution < 1.29 is 13.2 Å². The number of nitrogens with one attached hydrogen (secondary N) is 1. The van der Waals surface area contributed by atoms with Crippen LogP contribution in [0.25, 0.3) is 11.0 Å². The number of benzene rings is 2. The standard InChI is InChI=1S/C29H37N3O3S/c1-28(2,23-12-16-25(35-5)17-13-23)20-29(3,4)36(33,34)31-24-14-10-22(11-15-24)18-19-32-21-30-26-8-6-7-9-27(26)32/h6-14,16-17,21,24,31H,15,18-20H2,1-5H3. The van der Waals surface area contributed by atoms with Gasteiger partial charge in [0, 0.05) is 12.6 Å². The number of ether oxygens (including phenoxy) is 1. The lowest BCUT2D eigenvalue weighted by Gasteiger charge is -2.36. The van der Waals surface area contributed by atoms with Gasteiger partial charge in [-0.3, -0.25) is 0 Å². The van der Waals surface area contributed by atoms with Crippen LogP contribution >= 0.6 is 0 Å². The smallest absolute Gasteiger partial charge is 0.217 e. The fourth-order valence-electron chi connectivity index (χ4n) is 5.04. The molecule has 0 saturated heterocycles. The third-order valence-electron chi connectivity index (χ3n) is 7.12. The van der Waals surface area contributed by atoms with Gasteiger partial charge in [-0.2, -0.15) is 0 Å². The lowest BCUT2D eigenvalue weighted by Crippen LogP contribution is -2.48. The highest BCUT2D eigenvalue weighted by atomic mass is 32.2. The number of aromatic nitrogens is 2. The first-order valence-corrected chi connectivity index (χ1v) is 13.9. The van der Waals surface area contributed by atoms with E-state index >= 15 is 0 Å². The number of rotatable bonds is 10. The van der Waals surface area contributed by atoms with Gasteiger partial charge in [-0.1, -0.05) is 61.9 Å². The van der Waals surface area contributed by atoms with Crippen LogP contribution in [-0.2, 0) is 22.0 Å². The Hall–Kier alpha value is -2.90. The van der Waals surface area contributed by atoms with Gasteiger partial charge in [0.1, 0.15) is 5.75 Å². The van der Waals surface area contributed by atoms with E-state index in [1.807, 2.05) is 74.8 Å². The van der Waals surface area contributed by atoms with Crippen LogP contribution < -0.4 is 9.46 Å². The molecule has 6 nitrogen and oxygen atoms in total. The number of hydrogen-bond acceptors (Lipinski definition) is 4. The van der Waals surface area contributed by atoms with Crippen molar-refractivity contribution in [2.75, 3.05) is 7.11 Å². The summed E-state index contributed by atoms with van der Waals surface area (Å²) >= 11 is 0. The normalized spacial score (nSPS) is 16.8. The molecule has 192 valence electrons. The van der Waals surface area contributed by atoms with Crippen molar-refractivity contribution in [3.63, 3.8) is 0 Å². The van der Waals surface area contributed by atoms with E-state index in [9.17, 15) is 8.42 Å². The first kappa shape index (κ1) is 26.2. The topological polar surface area (TPSA) is 73.2 Å². The van der Waals surface area contributed by atoms with Crippen molar-refractivity contribution in [3.8, 4) is 5.75 Å². The lowest BCUT2D eigenvalue weighted by molar-refractivity contribution is 0.396. The van der Waals surface area contributed by atoms with Gasteiger partial charge in [-0.15, -0.1) is 0 Å². The van der Waals surface area contributed by atoms with E-state index in [1.54, 1.807) is 7.11 Å². The Labute approximate surface area is 215 Å². The zero-order valence-corrected chi connectivity index (χ0v) is 22.7. The highest BCUT2D eigenvalue weighted by Crippen LogP contribution is 2.36. The summed E-state index contributed by atoms with van der Waals surface area (Å²) < 4.78 is 36.3. The summed E-state index contributed by atoms with van der Waals surface area (Å²) in [4.78, 5) is 4.45. The molecule has 1 atom stereocenters. The number of fused-ring (bicyclic) bond motifs is 1. The molecule has 7 heteroatoms. The zero-order chi connectivity index (χ0) is 26.0. The fourth-order valence-corrected chi connectivity index (χ4v) is 6.48. The predicted octanol–water partition coefficient (Wildman–Crippen LogP) is 5.76. The van der Waals surface area contributed by atoms with Crippen LogP contribution in [0.3, 0.4) is 0 Å². The number of methoxy groups -OCH3 is 1. The molecule has 0 saturated carbocycles. The van der Waals surface area contributed by atoms with Gasteiger partial charge < -0.3 is 9.30 Å². The van der Waals surface area contributed by atoms with E-state index in [1.165, 1.54) is 5.57 Å². The van der Waals surface area contributed by atoms with Gasteiger partial charge in [0.15, 0.2) is 0 Å². The highest BCUT2D eigenvalue weighted by molar-refractivity contribution is 7.90. The van der Waals surface area contributed by atoms with Gasteiger partial charge in [0.25, 0.3) is 0 Å². The second-order valence-electron chi connectivity index (χ2n) is 10.8. The molecule has 0 fully saturated rings. The summed E-state index contributed by atoms with van der Waals surface area (Å²) in [5.41, 5.74) is 4.10. The summed E-state index contributed by atoms with van der Waals surface area (Å²) in [6.07, 6.45) is 10.0. The van der Waals surface area contributed by atoms with Crippen LogP contribution in [0.4, 0.5) is 0 Å². The number of aryl methyl sites for hydroxylation is 1. The Morgan fingerprint density at radius 3 is 2.47 bits per heavy atom. The summed E-state index contributed by atoms with van der Waals surface area (Å²) in [6, 6.07) is 15.7. The fraction of sp³-hybridized carbons (Fsp3) is 0.414. The van der Waals surface area contributed by atoms with Crippen molar-refractivity contribution in [2.24, 2.45) is 0 Å². The summed E-state index contributed by atoms with van der Waals surface area (Å²) in [5, 5.41) is 0. The third-order valence-corrected chi connectivity index (χ3v) is 9.33. The van der Waals surface area contributed by atoms with Crippen molar-refractivity contribution >= 4 is 21.1 Å². The number of allylic oxidation sites excluding steroid dienone is 2. The Kier molecular flexibility index (Phi) is 7.43. The second kappa shape index (κ2) is 10.2. The number of imidazole rings is 1. The Morgan fingerprint density at radius 1 is 1.08 bits per heavy atom. The van der Waals surface area contributed by atoms with Gasteiger partial charge in [0.05, 0.1) is 29.2 Å². The first-order valence-electron chi connectivity index (χ1n) is 12.4. The molecule has 36 heavy (non-hydrogen) atoms. The molecule has 0 amide bonds. The maximum absolute atomic E-state index is 13.4. The number of sulfonamides is 1.